The van der Waals surface area contributed by atoms with Crippen molar-refractivity contribution < 1.29 is 5.11 Å². The van der Waals surface area contributed by atoms with Crippen LogP contribution in [0.5, 0.6) is 5.75 Å². The summed E-state index contributed by atoms with van der Waals surface area (Å²) in [5.41, 5.74) is 3.88. The van der Waals surface area contributed by atoms with E-state index in [0.717, 1.165) is 27.6 Å². The van der Waals surface area contributed by atoms with Crippen LogP contribution in [0.4, 0.5) is 0 Å². The third kappa shape index (κ3) is 1.07. The number of aromatic hydroxyl groups is 1. The Hall–Kier alpha value is -1.57. The molecule has 1 aromatic carbocycles. The molecule has 0 atom stereocenters. The maximum absolute atomic E-state index is 9.86. The second kappa shape index (κ2) is 2.98. The summed E-state index contributed by atoms with van der Waals surface area (Å²) in [6.07, 6.45) is 1.78. The summed E-state index contributed by atoms with van der Waals surface area (Å²) in [5.74, 6) is 0.392. The minimum atomic E-state index is 0.392. The largest absolute Gasteiger partial charge is 0.507 e. The highest BCUT2D eigenvalue weighted by Gasteiger charge is 2.10. The summed E-state index contributed by atoms with van der Waals surface area (Å²) in [6, 6.07) is 3.88. The Balaban J connectivity index is 3.02. The van der Waals surface area contributed by atoms with Crippen molar-refractivity contribution in [1.82, 2.24) is 4.98 Å². The molecule has 0 saturated carbocycles. The van der Waals surface area contributed by atoms with Crippen LogP contribution in [0.3, 0.4) is 0 Å². The third-order valence-corrected chi connectivity index (χ3v) is 2.84. The highest BCUT2D eigenvalue weighted by molar-refractivity contribution is 5.88. The first kappa shape index (κ1) is 9.00. The molecule has 0 aliphatic rings. The lowest BCUT2D eigenvalue weighted by atomic mass is 9.99. The lowest BCUT2D eigenvalue weighted by Gasteiger charge is -2.10. The van der Waals surface area contributed by atoms with Crippen molar-refractivity contribution in [2.24, 2.45) is 0 Å². The maximum atomic E-state index is 9.86. The summed E-state index contributed by atoms with van der Waals surface area (Å²) in [7, 11) is 0. The van der Waals surface area contributed by atoms with E-state index in [9.17, 15) is 5.11 Å². The van der Waals surface area contributed by atoms with Gasteiger partial charge in [-0.05, 0) is 38.0 Å². The molecule has 0 fully saturated rings. The van der Waals surface area contributed by atoms with Crippen LogP contribution in [0.15, 0.2) is 18.3 Å². The number of phenols is 1. The molecule has 0 aliphatic carbocycles. The summed E-state index contributed by atoms with van der Waals surface area (Å²) < 4.78 is 0. The Kier molecular flexibility index (Phi) is 1.92. The van der Waals surface area contributed by atoms with E-state index in [1.165, 1.54) is 0 Å². The summed E-state index contributed by atoms with van der Waals surface area (Å²) in [4.78, 5) is 4.33. The van der Waals surface area contributed by atoms with Gasteiger partial charge in [0.25, 0.3) is 0 Å². The van der Waals surface area contributed by atoms with Gasteiger partial charge in [-0.15, -0.1) is 0 Å². The SMILES string of the molecule is Cc1c(O)c(C)c2cccnc2c1C. The molecule has 1 N–H and O–H groups in total. The zero-order chi connectivity index (χ0) is 10.3. The van der Waals surface area contributed by atoms with E-state index in [2.05, 4.69) is 4.98 Å². The molecule has 2 rings (SSSR count). The molecular formula is C12H13NO. The molecule has 0 bridgehead atoms. The van der Waals surface area contributed by atoms with Gasteiger partial charge in [0.2, 0.25) is 0 Å². The van der Waals surface area contributed by atoms with Gasteiger partial charge in [0.1, 0.15) is 5.75 Å². The average molecular weight is 187 g/mol. The molecule has 1 heterocycles. The molecule has 0 spiro atoms. The van der Waals surface area contributed by atoms with E-state index in [0.29, 0.717) is 5.75 Å². The van der Waals surface area contributed by atoms with Crippen molar-refractivity contribution in [1.29, 1.82) is 0 Å². The monoisotopic (exact) mass is 187 g/mol. The topological polar surface area (TPSA) is 33.1 Å². The predicted octanol–water partition coefficient (Wildman–Crippen LogP) is 2.87. The number of rotatable bonds is 0. The van der Waals surface area contributed by atoms with Crippen molar-refractivity contribution in [2.45, 2.75) is 20.8 Å². The molecular weight excluding hydrogens is 174 g/mol. The Bertz CT molecular complexity index is 457. The summed E-state index contributed by atoms with van der Waals surface area (Å²) >= 11 is 0. The zero-order valence-electron chi connectivity index (χ0n) is 8.63. The number of benzene rings is 1. The van der Waals surface area contributed by atoms with Gasteiger partial charge in [-0.3, -0.25) is 4.98 Å². The van der Waals surface area contributed by atoms with Gasteiger partial charge < -0.3 is 5.11 Å². The normalized spacial score (nSPS) is 10.8. The smallest absolute Gasteiger partial charge is 0.122 e. The first-order valence-corrected chi connectivity index (χ1v) is 4.66. The van der Waals surface area contributed by atoms with Crippen LogP contribution >= 0.6 is 0 Å². The van der Waals surface area contributed by atoms with E-state index in [4.69, 9.17) is 0 Å². The Morgan fingerprint density at radius 2 is 1.79 bits per heavy atom. The van der Waals surface area contributed by atoms with Crippen molar-refractivity contribution in [3.63, 3.8) is 0 Å². The number of hydrogen-bond acceptors (Lipinski definition) is 2. The molecule has 0 amide bonds. The Morgan fingerprint density at radius 1 is 1.07 bits per heavy atom. The number of aryl methyl sites for hydroxylation is 2. The lowest BCUT2D eigenvalue weighted by molar-refractivity contribution is 0.467. The van der Waals surface area contributed by atoms with Crippen molar-refractivity contribution in [2.75, 3.05) is 0 Å². The number of pyridine rings is 1. The van der Waals surface area contributed by atoms with E-state index in [1.54, 1.807) is 6.20 Å². The number of nitrogens with zero attached hydrogens (tertiary/aromatic N) is 1. The highest BCUT2D eigenvalue weighted by atomic mass is 16.3. The summed E-state index contributed by atoms with van der Waals surface area (Å²) in [6.45, 7) is 5.83. The summed E-state index contributed by atoms with van der Waals surface area (Å²) in [5, 5.41) is 10.9. The van der Waals surface area contributed by atoms with Crippen molar-refractivity contribution in [3.8, 4) is 5.75 Å². The van der Waals surface area contributed by atoms with E-state index in [1.807, 2.05) is 32.9 Å². The van der Waals surface area contributed by atoms with Crippen molar-refractivity contribution >= 4 is 10.9 Å². The molecule has 2 aromatic rings. The fraction of sp³-hybridized carbons (Fsp3) is 0.250. The van der Waals surface area contributed by atoms with Gasteiger partial charge in [0.05, 0.1) is 5.52 Å². The predicted molar refractivity (Wildman–Crippen MR) is 57.6 cm³/mol. The highest BCUT2D eigenvalue weighted by Crippen LogP contribution is 2.32. The molecule has 0 saturated heterocycles. The maximum Gasteiger partial charge on any atom is 0.122 e. The van der Waals surface area contributed by atoms with Gasteiger partial charge >= 0.3 is 0 Å². The molecule has 1 aromatic heterocycles. The minimum absolute atomic E-state index is 0.392. The Morgan fingerprint density at radius 3 is 2.50 bits per heavy atom. The fourth-order valence-corrected chi connectivity index (χ4v) is 1.77. The zero-order valence-corrected chi connectivity index (χ0v) is 8.63. The molecule has 14 heavy (non-hydrogen) atoms. The van der Waals surface area contributed by atoms with Gasteiger partial charge in [0, 0.05) is 17.1 Å². The van der Waals surface area contributed by atoms with E-state index in [-0.39, 0.29) is 0 Å². The molecule has 2 nitrogen and oxygen atoms in total. The first-order valence-electron chi connectivity index (χ1n) is 4.66. The number of aromatic nitrogens is 1. The van der Waals surface area contributed by atoms with E-state index < -0.39 is 0 Å². The van der Waals surface area contributed by atoms with Crippen LogP contribution in [0, 0.1) is 20.8 Å². The quantitative estimate of drug-likeness (QED) is 0.688. The van der Waals surface area contributed by atoms with Crippen LogP contribution in [-0.4, -0.2) is 10.1 Å². The molecule has 2 heteroatoms. The number of phenolic OH excluding ortho intramolecular Hbond substituents is 1. The van der Waals surface area contributed by atoms with Gasteiger partial charge in [-0.1, -0.05) is 6.07 Å². The first-order chi connectivity index (χ1) is 6.63. The minimum Gasteiger partial charge on any atom is -0.507 e. The molecule has 72 valence electrons. The standard InChI is InChI=1S/C12H13NO/c1-7-8(2)12(14)9(3)10-5-4-6-13-11(7)10/h4-6,14H,1-3H3. The van der Waals surface area contributed by atoms with Crippen LogP contribution in [0.2, 0.25) is 0 Å². The van der Waals surface area contributed by atoms with E-state index >= 15 is 0 Å². The molecule has 0 aliphatic heterocycles. The fourth-order valence-electron chi connectivity index (χ4n) is 1.77. The molecule has 0 unspecified atom stereocenters. The van der Waals surface area contributed by atoms with Crippen LogP contribution < -0.4 is 0 Å². The van der Waals surface area contributed by atoms with Crippen LogP contribution in [-0.2, 0) is 0 Å². The second-order valence-corrected chi connectivity index (χ2v) is 3.62. The Labute approximate surface area is 83.2 Å². The van der Waals surface area contributed by atoms with Crippen LogP contribution in [0.1, 0.15) is 16.7 Å². The number of fused-ring (bicyclic) bond motifs is 1. The van der Waals surface area contributed by atoms with Gasteiger partial charge in [-0.2, -0.15) is 0 Å². The lowest BCUT2D eigenvalue weighted by Crippen LogP contribution is -1.91. The molecule has 0 radical (unpaired) electrons. The van der Waals surface area contributed by atoms with Gasteiger partial charge in [0.15, 0.2) is 0 Å². The average Bonchev–Trinajstić information content (AvgIpc) is 2.23. The van der Waals surface area contributed by atoms with Crippen molar-refractivity contribution in [3.05, 3.63) is 35.0 Å². The van der Waals surface area contributed by atoms with Gasteiger partial charge in [-0.25, -0.2) is 0 Å². The second-order valence-electron chi connectivity index (χ2n) is 3.62. The number of hydrogen-bond donors (Lipinski definition) is 1. The third-order valence-electron chi connectivity index (χ3n) is 2.84. The van der Waals surface area contributed by atoms with Crippen LogP contribution in [0.25, 0.3) is 10.9 Å².